The molecule has 1 amide bonds. The number of nitrogens with zero attached hydrogens (tertiary/aromatic N) is 4. The molecule has 0 atom stereocenters. The third-order valence-electron chi connectivity index (χ3n) is 6.67. The Morgan fingerprint density at radius 3 is 2.66 bits per heavy atom. The molecular formula is C24H29N5O4S2. The summed E-state index contributed by atoms with van der Waals surface area (Å²) in [4.78, 5) is 20.9. The van der Waals surface area contributed by atoms with Crippen molar-refractivity contribution in [3.63, 3.8) is 0 Å². The van der Waals surface area contributed by atoms with Crippen LogP contribution in [0.5, 0.6) is 0 Å². The van der Waals surface area contributed by atoms with Gasteiger partial charge in [0.05, 0.1) is 16.3 Å². The largest absolute Gasteiger partial charge is 0.338 e. The van der Waals surface area contributed by atoms with E-state index in [1.165, 1.54) is 4.31 Å². The molecule has 0 unspecified atom stereocenters. The van der Waals surface area contributed by atoms with E-state index in [0.29, 0.717) is 55.4 Å². The van der Waals surface area contributed by atoms with Crippen molar-refractivity contribution in [3.05, 3.63) is 47.2 Å². The smallest absolute Gasteiger partial charge is 0.243 e. The standard InChI is InChI=1S/C24H29N5O4S2/c1-17-6-7-19(15-21(17)35(31,32)29-10-2-3-11-29)25-24(30)18-8-12-28(13-9-18)16-22-26-23(27-33-22)20-5-4-14-34-20/h4-7,14-15,18H,2-3,8-13,16H2,1H3,(H,25,30). The first-order valence-corrected chi connectivity index (χ1v) is 14.2. The summed E-state index contributed by atoms with van der Waals surface area (Å²) in [5, 5.41) is 8.98. The zero-order valence-corrected chi connectivity index (χ0v) is 21.3. The molecule has 2 aliphatic rings. The molecule has 5 rings (SSSR count). The molecule has 2 aliphatic heterocycles. The number of likely N-dealkylation sites (tertiary alicyclic amines) is 1. The fourth-order valence-corrected chi connectivity index (χ4v) is 7.05. The Morgan fingerprint density at radius 2 is 1.94 bits per heavy atom. The van der Waals surface area contributed by atoms with E-state index >= 15 is 0 Å². The van der Waals surface area contributed by atoms with Crippen LogP contribution in [0.1, 0.15) is 37.1 Å². The monoisotopic (exact) mass is 515 g/mol. The second-order valence-corrected chi connectivity index (χ2v) is 12.0. The number of benzene rings is 1. The molecule has 2 aromatic heterocycles. The average Bonchev–Trinajstić information content (AvgIpc) is 3.63. The Labute approximate surface area is 209 Å². The molecule has 0 saturated carbocycles. The van der Waals surface area contributed by atoms with E-state index in [1.807, 2.05) is 17.5 Å². The van der Waals surface area contributed by atoms with Gasteiger partial charge in [-0.2, -0.15) is 9.29 Å². The number of hydrogen-bond acceptors (Lipinski definition) is 8. The van der Waals surface area contributed by atoms with Crippen LogP contribution in [0.15, 0.2) is 45.1 Å². The van der Waals surface area contributed by atoms with Crippen LogP contribution < -0.4 is 5.32 Å². The number of piperidine rings is 1. The minimum absolute atomic E-state index is 0.0733. The topological polar surface area (TPSA) is 109 Å². The Bertz CT molecular complexity index is 1270. The molecule has 3 aromatic rings. The maximum Gasteiger partial charge on any atom is 0.243 e. The third-order valence-corrected chi connectivity index (χ3v) is 9.57. The lowest BCUT2D eigenvalue weighted by molar-refractivity contribution is -0.121. The van der Waals surface area contributed by atoms with Crippen molar-refractivity contribution < 1.29 is 17.7 Å². The van der Waals surface area contributed by atoms with Gasteiger partial charge in [-0.25, -0.2) is 8.42 Å². The molecule has 0 bridgehead atoms. The summed E-state index contributed by atoms with van der Waals surface area (Å²) in [6, 6.07) is 9.04. The molecule has 186 valence electrons. The SMILES string of the molecule is Cc1ccc(NC(=O)C2CCN(Cc3nc(-c4cccs4)no3)CC2)cc1S(=O)(=O)N1CCCC1. The van der Waals surface area contributed by atoms with Crippen LogP contribution in [0.3, 0.4) is 0 Å². The van der Waals surface area contributed by atoms with Crippen LogP contribution in [0.4, 0.5) is 5.69 Å². The number of thiophene rings is 1. The number of aromatic nitrogens is 2. The van der Waals surface area contributed by atoms with Crippen LogP contribution in [-0.2, 0) is 21.4 Å². The second-order valence-electron chi connectivity index (χ2n) is 9.12. The maximum atomic E-state index is 13.0. The number of carbonyl (C=O) groups excluding carboxylic acids is 1. The Hall–Kier alpha value is -2.60. The molecule has 2 fully saturated rings. The van der Waals surface area contributed by atoms with Crippen molar-refractivity contribution in [2.24, 2.45) is 5.92 Å². The van der Waals surface area contributed by atoms with E-state index in [4.69, 9.17) is 4.52 Å². The highest BCUT2D eigenvalue weighted by molar-refractivity contribution is 7.89. The highest BCUT2D eigenvalue weighted by Crippen LogP contribution is 2.28. The summed E-state index contributed by atoms with van der Waals surface area (Å²) >= 11 is 1.57. The number of nitrogens with one attached hydrogen (secondary N) is 1. The van der Waals surface area contributed by atoms with E-state index in [0.717, 1.165) is 30.8 Å². The van der Waals surface area contributed by atoms with Crippen LogP contribution in [0, 0.1) is 12.8 Å². The predicted octanol–water partition coefficient (Wildman–Crippen LogP) is 3.74. The number of carbonyl (C=O) groups is 1. The van der Waals surface area contributed by atoms with Gasteiger partial charge in [0.15, 0.2) is 0 Å². The minimum Gasteiger partial charge on any atom is -0.338 e. The normalized spacial score (nSPS) is 18.2. The van der Waals surface area contributed by atoms with Gasteiger partial charge in [-0.15, -0.1) is 11.3 Å². The van der Waals surface area contributed by atoms with Gasteiger partial charge in [0.25, 0.3) is 0 Å². The molecule has 4 heterocycles. The number of anilines is 1. The fraction of sp³-hybridized carbons (Fsp3) is 0.458. The van der Waals surface area contributed by atoms with Gasteiger partial charge in [-0.1, -0.05) is 17.3 Å². The summed E-state index contributed by atoms with van der Waals surface area (Å²) in [6.07, 6.45) is 3.19. The number of hydrogen-bond donors (Lipinski definition) is 1. The fourth-order valence-electron chi connectivity index (χ4n) is 4.64. The van der Waals surface area contributed by atoms with Crippen LogP contribution >= 0.6 is 11.3 Å². The van der Waals surface area contributed by atoms with Gasteiger partial charge < -0.3 is 9.84 Å². The lowest BCUT2D eigenvalue weighted by Gasteiger charge is -2.30. The number of sulfonamides is 1. The summed E-state index contributed by atoms with van der Waals surface area (Å²) < 4.78 is 33.0. The summed E-state index contributed by atoms with van der Waals surface area (Å²) in [6.45, 7) is 4.94. The molecule has 0 radical (unpaired) electrons. The van der Waals surface area contributed by atoms with Gasteiger partial charge in [0.1, 0.15) is 0 Å². The lowest BCUT2D eigenvalue weighted by atomic mass is 9.96. The van der Waals surface area contributed by atoms with Gasteiger partial charge in [-0.05, 0) is 74.8 Å². The van der Waals surface area contributed by atoms with Gasteiger partial charge >= 0.3 is 0 Å². The number of rotatable bonds is 7. The first kappa shape index (κ1) is 24.1. The van der Waals surface area contributed by atoms with E-state index in [-0.39, 0.29) is 16.7 Å². The van der Waals surface area contributed by atoms with Gasteiger partial charge in [0, 0.05) is 24.7 Å². The van der Waals surface area contributed by atoms with Crippen molar-refractivity contribution >= 4 is 33.0 Å². The van der Waals surface area contributed by atoms with E-state index in [2.05, 4.69) is 20.4 Å². The Morgan fingerprint density at radius 1 is 1.17 bits per heavy atom. The molecule has 1 N–H and O–H groups in total. The third kappa shape index (κ3) is 5.32. The molecule has 11 heteroatoms. The van der Waals surface area contributed by atoms with Crippen molar-refractivity contribution in [3.8, 4) is 10.7 Å². The Kier molecular flexibility index (Phi) is 7.01. The number of amides is 1. The average molecular weight is 516 g/mol. The van der Waals surface area contributed by atoms with Gasteiger partial charge in [0.2, 0.25) is 27.6 Å². The maximum absolute atomic E-state index is 13.0. The van der Waals surface area contributed by atoms with Crippen molar-refractivity contribution in [1.82, 2.24) is 19.3 Å². The van der Waals surface area contributed by atoms with Crippen LogP contribution in [0.25, 0.3) is 10.7 Å². The zero-order valence-electron chi connectivity index (χ0n) is 19.6. The molecule has 35 heavy (non-hydrogen) atoms. The van der Waals surface area contributed by atoms with Crippen molar-refractivity contribution in [1.29, 1.82) is 0 Å². The molecule has 9 nitrogen and oxygen atoms in total. The zero-order chi connectivity index (χ0) is 24.4. The molecule has 2 saturated heterocycles. The first-order valence-electron chi connectivity index (χ1n) is 11.9. The Balaban J connectivity index is 1.17. The first-order chi connectivity index (χ1) is 16.9. The molecule has 1 aromatic carbocycles. The van der Waals surface area contributed by atoms with Crippen molar-refractivity contribution in [2.45, 2.75) is 44.0 Å². The van der Waals surface area contributed by atoms with Crippen molar-refractivity contribution in [2.75, 3.05) is 31.5 Å². The molecular weight excluding hydrogens is 486 g/mol. The minimum atomic E-state index is -3.55. The quantitative estimate of drug-likeness (QED) is 0.511. The predicted molar refractivity (Wildman–Crippen MR) is 133 cm³/mol. The summed E-state index contributed by atoms with van der Waals surface area (Å²) in [7, 11) is -3.55. The number of aryl methyl sites for hydroxylation is 1. The van der Waals surface area contributed by atoms with Gasteiger partial charge in [-0.3, -0.25) is 9.69 Å². The summed E-state index contributed by atoms with van der Waals surface area (Å²) in [5.74, 6) is 0.975. The van der Waals surface area contributed by atoms with Crippen LogP contribution in [0.2, 0.25) is 0 Å². The van der Waals surface area contributed by atoms with E-state index in [1.54, 1.807) is 36.5 Å². The lowest BCUT2D eigenvalue weighted by Crippen LogP contribution is -2.37. The van der Waals surface area contributed by atoms with E-state index in [9.17, 15) is 13.2 Å². The molecule has 0 aliphatic carbocycles. The molecule has 0 spiro atoms. The highest BCUT2D eigenvalue weighted by Gasteiger charge is 2.30. The van der Waals surface area contributed by atoms with Crippen LogP contribution in [-0.4, -0.2) is 59.8 Å². The van der Waals surface area contributed by atoms with E-state index < -0.39 is 10.0 Å². The summed E-state index contributed by atoms with van der Waals surface area (Å²) in [5.41, 5.74) is 1.21. The second kappa shape index (κ2) is 10.2. The highest BCUT2D eigenvalue weighted by atomic mass is 32.2.